The van der Waals surface area contributed by atoms with Crippen LogP contribution in [0.25, 0.3) is 0 Å². The monoisotopic (exact) mass is 197 g/mol. The number of nitrogens with zero attached hydrogens (tertiary/aromatic N) is 1. The lowest BCUT2D eigenvalue weighted by Crippen LogP contribution is -2.10. The Morgan fingerprint density at radius 1 is 1.64 bits per heavy atom. The number of carboxylic acid groups (broad SMARTS) is 1. The van der Waals surface area contributed by atoms with E-state index in [0.29, 0.717) is 12.1 Å². The molecule has 1 rings (SSSR count). The Hall–Kier alpha value is -1.32. The third kappa shape index (κ3) is 2.13. The van der Waals surface area contributed by atoms with Crippen LogP contribution >= 0.6 is 0 Å². The molecule has 0 bridgehead atoms. The Labute approximate surface area is 82.9 Å². The van der Waals surface area contributed by atoms with E-state index in [9.17, 15) is 4.79 Å². The second-order valence-electron chi connectivity index (χ2n) is 3.61. The topological polar surface area (TPSA) is 63.3 Å². The Bertz CT molecular complexity index is 317. The minimum atomic E-state index is -0.851. The number of hydrogen-bond donors (Lipinski definition) is 1. The van der Waals surface area contributed by atoms with E-state index in [2.05, 4.69) is 5.16 Å². The quantitative estimate of drug-likeness (QED) is 0.804. The van der Waals surface area contributed by atoms with Crippen LogP contribution in [0.15, 0.2) is 10.6 Å². The standard InChI is InChI=1S/C10H15NO3/c1-4-7(10(12)13)8-5-9(6(2)3)14-11-8/h5-7H,4H2,1-3H3,(H,12,13). The van der Waals surface area contributed by atoms with Crippen LogP contribution in [0.3, 0.4) is 0 Å². The fourth-order valence-electron chi connectivity index (χ4n) is 1.25. The molecule has 0 fully saturated rings. The van der Waals surface area contributed by atoms with Crippen molar-refractivity contribution in [1.29, 1.82) is 0 Å². The van der Waals surface area contributed by atoms with Gasteiger partial charge in [-0.15, -0.1) is 0 Å². The van der Waals surface area contributed by atoms with Crippen LogP contribution in [0.2, 0.25) is 0 Å². The zero-order chi connectivity index (χ0) is 10.7. The van der Waals surface area contributed by atoms with Gasteiger partial charge in [-0.3, -0.25) is 4.79 Å². The zero-order valence-corrected chi connectivity index (χ0v) is 8.65. The summed E-state index contributed by atoms with van der Waals surface area (Å²) in [6.07, 6.45) is 0.527. The summed E-state index contributed by atoms with van der Waals surface area (Å²) in [4.78, 5) is 10.8. The third-order valence-electron chi connectivity index (χ3n) is 2.18. The van der Waals surface area contributed by atoms with Gasteiger partial charge in [0, 0.05) is 12.0 Å². The van der Waals surface area contributed by atoms with Crippen molar-refractivity contribution < 1.29 is 14.4 Å². The molecule has 1 aromatic heterocycles. The van der Waals surface area contributed by atoms with Gasteiger partial charge in [-0.2, -0.15) is 0 Å². The first-order valence-corrected chi connectivity index (χ1v) is 4.75. The van der Waals surface area contributed by atoms with Gasteiger partial charge in [0.2, 0.25) is 0 Å². The summed E-state index contributed by atoms with van der Waals surface area (Å²) in [6.45, 7) is 5.78. The van der Waals surface area contributed by atoms with E-state index in [-0.39, 0.29) is 5.92 Å². The normalized spacial score (nSPS) is 13.1. The Kier molecular flexibility index (Phi) is 3.28. The summed E-state index contributed by atoms with van der Waals surface area (Å²) < 4.78 is 5.05. The molecule has 0 aliphatic rings. The molecule has 0 aliphatic carbocycles. The predicted octanol–water partition coefficient (Wildman–Crippen LogP) is 2.38. The highest BCUT2D eigenvalue weighted by molar-refractivity contribution is 5.75. The van der Waals surface area contributed by atoms with Crippen molar-refractivity contribution in [2.24, 2.45) is 0 Å². The van der Waals surface area contributed by atoms with Crippen LogP contribution < -0.4 is 0 Å². The second-order valence-corrected chi connectivity index (χ2v) is 3.61. The lowest BCUT2D eigenvalue weighted by Gasteiger charge is -2.03. The summed E-state index contributed by atoms with van der Waals surface area (Å²) in [7, 11) is 0. The Morgan fingerprint density at radius 3 is 2.64 bits per heavy atom. The summed E-state index contributed by atoms with van der Waals surface area (Å²) >= 11 is 0. The molecule has 1 atom stereocenters. The molecule has 1 heterocycles. The molecule has 0 aromatic carbocycles. The van der Waals surface area contributed by atoms with Crippen LogP contribution in [0.4, 0.5) is 0 Å². The fraction of sp³-hybridized carbons (Fsp3) is 0.600. The molecular weight excluding hydrogens is 182 g/mol. The number of aromatic nitrogens is 1. The van der Waals surface area contributed by atoms with Crippen molar-refractivity contribution in [1.82, 2.24) is 5.16 Å². The number of hydrogen-bond acceptors (Lipinski definition) is 3. The van der Waals surface area contributed by atoms with Crippen molar-refractivity contribution in [2.45, 2.75) is 39.0 Å². The highest BCUT2D eigenvalue weighted by Gasteiger charge is 2.22. The van der Waals surface area contributed by atoms with Gasteiger partial charge in [-0.25, -0.2) is 0 Å². The summed E-state index contributed by atoms with van der Waals surface area (Å²) in [5, 5.41) is 12.7. The molecule has 0 saturated heterocycles. The van der Waals surface area contributed by atoms with E-state index in [0.717, 1.165) is 5.76 Å². The number of aliphatic carboxylic acids is 1. The van der Waals surface area contributed by atoms with Gasteiger partial charge >= 0.3 is 5.97 Å². The average molecular weight is 197 g/mol. The SMILES string of the molecule is CCC(C(=O)O)c1cc(C(C)C)on1. The first kappa shape index (κ1) is 10.8. The molecular formula is C10H15NO3. The molecule has 1 unspecified atom stereocenters. The zero-order valence-electron chi connectivity index (χ0n) is 8.65. The van der Waals surface area contributed by atoms with Crippen molar-refractivity contribution in [2.75, 3.05) is 0 Å². The molecule has 0 amide bonds. The average Bonchev–Trinajstić information content (AvgIpc) is 2.53. The highest BCUT2D eigenvalue weighted by Crippen LogP contribution is 2.22. The predicted molar refractivity (Wildman–Crippen MR) is 51.3 cm³/mol. The van der Waals surface area contributed by atoms with E-state index >= 15 is 0 Å². The molecule has 0 aliphatic heterocycles. The van der Waals surface area contributed by atoms with Crippen LogP contribution in [-0.2, 0) is 4.79 Å². The molecule has 78 valence electrons. The summed E-state index contributed by atoms with van der Waals surface area (Å²) in [5.41, 5.74) is 0.517. The lowest BCUT2D eigenvalue weighted by molar-refractivity contribution is -0.139. The lowest BCUT2D eigenvalue weighted by atomic mass is 10.0. The molecule has 1 aromatic rings. The third-order valence-corrected chi connectivity index (χ3v) is 2.18. The molecule has 0 spiro atoms. The number of carbonyl (C=O) groups is 1. The Morgan fingerprint density at radius 2 is 2.29 bits per heavy atom. The van der Waals surface area contributed by atoms with Crippen LogP contribution in [0.1, 0.15) is 50.5 Å². The van der Waals surface area contributed by atoms with Crippen molar-refractivity contribution >= 4 is 5.97 Å². The maximum absolute atomic E-state index is 10.8. The van der Waals surface area contributed by atoms with Crippen molar-refractivity contribution in [3.8, 4) is 0 Å². The van der Waals surface area contributed by atoms with Crippen molar-refractivity contribution in [3.05, 3.63) is 17.5 Å². The van der Waals surface area contributed by atoms with Crippen LogP contribution in [0.5, 0.6) is 0 Å². The van der Waals surface area contributed by atoms with Crippen molar-refractivity contribution in [3.63, 3.8) is 0 Å². The minimum absolute atomic E-state index is 0.238. The summed E-state index contributed by atoms with van der Waals surface area (Å²) in [6, 6.07) is 1.73. The second kappa shape index (κ2) is 4.26. The van der Waals surface area contributed by atoms with E-state index in [1.165, 1.54) is 0 Å². The first-order valence-electron chi connectivity index (χ1n) is 4.75. The maximum atomic E-state index is 10.8. The fourth-order valence-corrected chi connectivity index (χ4v) is 1.25. The van der Waals surface area contributed by atoms with Gasteiger partial charge in [-0.1, -0.05) is 25.9 Å². The molecule has 4 heteroatoms. The maximum Gasteiger partial charge on any atom is 0.312 e. The van der Waals surface area contributed by atoms with Gasteiger partial charge in [-0.05, 0) is 6.42 Å². The largest absolute Gasteiger partial charge is 0.481 e. The van der Waals surface area contributed by atoms with Crippen LogP contribution in [-0.4, -0.2) is 16.2 Å². The van der Waals surface area contributed by atoms with Gasteiger partial charge in [0.15, 0.2) is 0 Å². The van der Waals surface area contributed by atoms with Gasteiger partial charge in [0.05, 0.1) is 5.69 Å². The molecule has 0 saturated carbocycles. The minimum Gasteiger partial charge on any atom is -0.481 e. The van der Waals surface area contributed by atoms with Gasteiger partial charge in [0.1, 0.15) is 11.7 Å². The smallest absolute Gasteiger partial charge is 0.312 e. The first-order chi connectivity index (χ1) is 6.56. The molecule has 0 radical (unpaired) electrons. The number of rotatable bonds is 4. The number of carboxylic acids is 1. The van der Waals surface area contributed by atoms with E-state index < -0.39 is 11.9 Å². The van der Waals surface area contributed by atoms with E-state index in [4.69, 9.17) is 9.63 Å². The molecule has 4 nitrogen and oxygen atoms in total. The Balaban J connectivity index is 2.89. The van der Waals surface area contributed by atoms with Gasteiger partial charge < -0.3 is 9.63 Å². The molecule has 1 N–H and O–H groups in total. The van der Waals surface area contributed by atoms with Crippen LogP contribution in [0, 0.1) is 0 Å². The van der Waals surface area contributed by atoms with E-state index in [1.807, 2.05) is 20.8 Å². The summed E-state index contributed by atoms with van der Waals surface area (Å²) in [5.74, 6) is -0.426. The van der Waals surface area contributed by atoms with E-state index in [1.54, 1.807) is 6.07 Å². The molecule has 14 heavy (non-hydrogen) atoms. The highest BCUT2D eigenvalue weighted by atomic mass is 16.5. The van der Waals surface area contributed by atoms with Gasteiger partial charge in [0.25, 0.3) is 0 Å².